The van der Waals surface area contributed by atoms with Gasteiger partial charge in [0.2, 0.25) is 0 Å². The molecule has 4 heterocycles. The molecule has 3 aliphatic rings. The topological polar surface area (TPSA) is 75.3 Å². The van der Waals surface area contributed by atoms with E-state index in [9.17, 15) is 0 Å². The normalized spacial score (nSPS) is 26.5. The van der Waals surface area contributed by atoms with Crippen LogP contribution in [0.15, 0.2) is 36.7 Å². The third-order valence-corrected chi connectivity index (χ3v) is 6.78. The van der Waals surface area contributed by atoms with Gasteiger partial charge in [0, 0.05) is 31.5 Å². The van der Waals surface area contributed by atoms with E-state index in [-0.39, 0.29) is 12.1 Å². The van der Waals surface area contributed by atoms with Crippen molar-refractivity contribution in [2.24, 2.45) is 0 Å². The molecule has 0 radical (unpaired) electrons. The third-order valence-electron chi connectivity index (χ3n) is 6.78. The van der Waals surface area contributed by atoms with Crippen LogP contribution < -0.4 is 10.1 Å². The molecule has 1 saturated carbocycles. The lowest BCUT2D eigenvalue weighted by Gasteiger charge is -2.39. The highest BCUT2D eigenvalue weighted by Gasteiger charge is 2.38. The van der Waals surface area contributed by atoms with Gasteiger partial charge in [-0.2, -0.15) is 0 Å². The minimum Gasteiger partial charge on any atom is -0.491 e. The number of para-hydroxylation sites is 1. The molecule has 0 bridgehead atoms. The van der Waals surface area contributed by atoms with Gasteiger partial charge in [-0.1, -0.05) is 18.2 Å². The van der Waals surface area contributed by atoms with Crippen molar-refractivity contribution in [2.45, 2.75) is 43.4 Å². The number of hydrogen-bond acceptors (Lipinski definition) is 6. The summed E-state index contributed by atoms with van der Waals surface area (Å²) in [5.74, 6) is 2.49. The van der Waals surface area contributed by atoms with Gasteiger partial charge in [0.05, 0.1) is 23.6 Å². The summed E-state index contributed by atoms with van der Waals surface area (Å²) in [5, 5.41) is 4.85. The van der Waals surface area contributed by atoms with Gasteiger partial charge >= 0.3 is 0 Å². The molecular formula is C23H27N5O2. The summed E-state index contributed by atoms with van der Waals surface area (Å²) in [6.07, 6.45) is 5.51. The molecular weight excluding hydrogens is 378 g/mol. The van der Waals surface area contributed by atoms with E-state index in [1.54, 1.807) is 13.4 Å². The Hall–Kier alpha value is -2.64. The lowest BCUT2D eigenvalue weighted by molar-refractivity contribution is 0.0809. The number of hydrogen-bond donors (Lipinski definition) is 2. The van der Waals surface area contributed by atoms with Crippen LogP contribution in [0, 0.1) is 0 Å². The monoisotopic (exact) mass is 405 g/mol. The Balaban J connectivity index is 1.37. The zero-order valence-corrected chi connectivity index (χ0v) is 17.2. The van der Waals surface area contributed by atoms with Gasteiger partial charge in [-0.3, -0.25) is 4.90 Å². The number of rotatable bonds is 5. The quantitative estimate of drug-likeness (QED) is 0.677. The second kappa shape index (κ2) is 7.25. The SMILES string of the molecule is CO[C@H]1CCN([C@@H]2COc3ccccc3[C@H]2Nc2ncnc3[nH]c(C4CC4)cc23)C1. The Kier molecular flexibility index (Phi) is 4.39. The van der Waals surface area contributed by atoms with E-state index in [2.05, 4.69) is 49.4 Å². The van der Waals surface area contributed by atoms with Crippen LogP contribution in [0.1, 0.15) is 42.5 Å². The summed E-state index contributed by atoms with van der Waals surface area (Å²) in [6, 6.07) is 10.9. The average Bonchev–Trinajstić information content (AvgIpc) is 3.35. The number of aromatic nitrogens is 3. The molecule has 2 aliphatic heterocycles. The van der Waals surface area contributed by atoms with Crippen molar-refractivity contribution in [3.05, 3.63) is 47.9 Å². The second-order valence-corrected chi connectivity index (χ2v) is 8.66. The summed E-state index contributed by atoms with van der Waals surface area (Å²) in [4.78, 5) is 15.1. The van der Waals surface area contributed by atoms with Crippen LogP contribution in [0.2, 0.25) is 0 Å². The van der Waals surface area contributed by atoms with Gasteiger partial charge < -0.3 is 19.8 Å². The van der Waals surface area contributed by atoms with E-state index >= 15 is 0 Å². The molecule has 30 heavy (non-hydrogen) atoms. The van der Waals surface area contributed by atoms with Crippen molar-refractivity contribution in [1.29, 1.82) is 0 Å². The van der Waals surface area contributed by atoms with Crippen molar-refractivity contribution in [1.82, 2.24) is 19.9 Å². The number of likely N-dealkylation sites (tertiary alicyclic amines) is 1. The maximum absolute atomic E-state index is 6.16. The van der Waals surface area contributed by atoms with Crippen LogP contribution in [0.4, 0.5) is 5.82 Å². The molecule has 3 atom stereocenters. The Bertz CT molecular complexity index is 1060. The fourth-order valence-corrected chi connectivity index (χ4v) is 4.92. The van der Waals surface area contributed by atoms with Crippen LogP contribution in [-0.4, -0.2) is 58.8 Å². The summed E-state index contributed by atoms with van der Waals surface area (Å²) in [5.41, 5.74) is 3.37. The van der Waals surface area contributed by atoms with Gasteiger partial charge in [0.1, 0.15) is 30.1 Å². The lowest BCUT2D eigenvalue weighted by atomic mass is 9.95. The third kappa shape index (κ3) is 3.13. The minimum absolute atomic E-state index is 0.0860. The van der Waals surface area contributed by atoms with E-state index < -0.39 is 0 Å². The molecule has 3 aromatic rings. The first kappa shape index (κ1) is 18.2. The maximum atomic E-state index is 6.16. The molecule has 0 unspecified atom stereocenters. The summed E-state index contributed by atoms with van der Waals surface area (Å²) in [7, 11) is 1.80. The zero-order valence-electron chi connectivity index (χ0n) is 17.2. The number of benzene rings is 1. The predicted molar refractivity (Wildman–Crippen MR) is 115 cm³/mol. The number of anilines is 1. The maximum Gasteiger partial charge on any atom is 0.143 e. The van der Waals surface area contributed by atoms with Crippen LogP contribution in [-0.2, 0) is 4.74 Å². The number of ether oxygens (including phenoxy) is 2. The summed E-state index contributed by atoms with van der Waals surface area (Å²) < 4.78 is 11.8. The predicted octanol–water partition coefficient (Wildman–Crippen LogP) is 3.47. The number of nitrogens with zero attached hydrogens (tertiary/aromatic N) is 3. The van der Waals surface area contributed by atoms with E-state index in [1.165, 1.54) is 24.1 Å². The minimum atomic E-state index is 0.0860. The second-order valence-electron chi connectivity index (χ2n) is 8.66. The molecule has 6 rings (SSSR count). The van der Waals surface area contributed by atoms with E-state index in [4.69, 9.17) is 9.47 Å². The van der Waals surface area contributed by atoms with Gasteiger partial charge in [-0.25, -0.2) is 9.97 Å². The molecule has 1 aromatic carbocycles. The fraction of sp³-hybridized carbons (Fsp3) is 0.478. The van der Waals surface area contributed by atoms with Gasteiger partial charge in [0.15, 0.2) is 0 Å². The highest BCUT2D eigenvalue weighted by molar-refractivity contribution is 5.88. The number of H-pyrrole nitrogens is 1. The largest absolute Gasteiger partial charge is 0.491 e. The Labute approximate surface area is 175 Å². The van der Waals surface area contributed by atoms with Gasteiger partial charge in [-0.15, -0.1) is 0 Å². The van der Waals surface area contributed by atoms with Crippen LogP contribution in [0.25, 0.3) is 11.0 Å². The molecule has 7 heteroatoms. The van der Waals surface area contributed by atoms with Crippen LogP contribution >= 0.6 is 0 Å². The molecule has 0 amide bonds. The standard InChI is InChI=1S/C23H27N5O2/c1-29-15-8-9-28(11-15)19-12-30-20-5-3-2-4-16(20)21(19)27-23-17-10-18(14-6-7-14)26-22(17)24-13-25-23/h2-5,10,13-15,19,21H,6-9,11-12H2,1H3,(H2,24,25,26,27)/t15-,19+,21+/m0/s1. The molecule has 2 fully saturated rings. The van der Waals surface area contributed by atoms with E-state index in [1.807, 2.05) is 6.07 Å². The Morgan fingerprint density at radius 1 is 1.20 bits per heavy atom. The fourth-order valence-electron chi connectivity index (χ4n) is 4.92. The number of methoxy groups -OCH3 is 1. The summed E-state index contributed by atoms with van der Waals surface area (Å²) >= 11 is 0. The van der Waals surface area contributed by atoms with Crippen LogP contribution in [0.5, 0.6) is 5.75 Å². The number of nitrogens with one attached hydrogen (secondary N) is 2. The zero-order chi connectivity index (χ0) is 20.1. The molecule has 1 aliphatic carbocycles. The van der Waals surface area contributed by atoms with Crippen molar-refractivity contribution in [2.75, 3.05) is 32.1 Å². The molecule has 156 valence electrons. The van der Waals surface area contributed by atoms with E-state index in [0.29, 0.717) is 18.6 Å². The molecule has 1 saturated heterocycles. The van der Waals surface area contributed by atoms with Gasteiger partial charge in [-0.05, 0) is 37.3 Å². The highest BCUT2D eigenvalue weighted by Crippen LogP contribution is 2.42. The molecule has 7 nitrogen and oxygen atoms in total. The summed E-state index contributed by atoms with van der Waals surface area (Å²) in [6.45, 7) is 2.60. The molecule has 2 aromatic heterocycles. The highest BCUT2D eigenvalue weighted by atomic mass is 16.5. The van der Waals surface area contributed by atoms with Gasteiger partial charge in [0.25, 0.3) is 0 Å². The number of aromatic amines is 1. The number of fused-ring (bicyclic) bond motifs is 2. The molecule has 0 spiro atoms. The first-order valence-corrected chi connectivity index (χ1v) is 10.9. The Morgan fingerprint density at radius 2 is 2.10 bits per heavy atom. The van der Waals surface area contributed by atoms with Crippen molar-refractivity contribution in [3.63, 3.8) is 0 Å². The smallest absolute Gasteiger partial charge is 0.143 e. The van der Waals surface area contributed by atoms with Crippen molar-refractivity contribution >= 4 is 16.9 Å². The van der Waals surface area contributed by atoms with E-state index in [0.717, 1.165) is 42.1 Å². The first-order valence-electron chi connectivity index (χ1n) is 10.9. The average molecular weight is 406 g/mol. The Morgan fingerprint density at radius 3 is 2.93 bits per heavy atom. The van der Waals surface area contributed by atoms with Crippen molar-refractivity contribution in [3.8, 4) is 5.75 Å². The van der Waals surface area contributed by atoms with Crippen molar-refractivity contribution < 1.29 is 9.47 Å². The molecule has 2 N–H and O–H groups in total. The van der Waals surface area contributed by atoms with Crippen LogP contribution in [0.3, 0.4) is 0 Å². The lowest BCUT2D eigenvalue weighted by Crippen LogP contribution is -2.47. The first-order chi connectivity index (χ1) is 14.8.